The Morgan fingerprint density at radius 2 is 2.24 bits per heavy atom. The predicted molar refractivity (Wildman–Crippen MR) is 70.7 cm³/mol. The molecule has 0 saturated carbocycles. The lowest BCUT2D eigenvalue weighted by Crippen LogP contribution is -2.51. The molecule has 1 fully saturated rings. The van der Waals surface area contributed by atoms with E-state index in [9.17, 15) is 4.79 Å². The second-order valence-corrected chi connectivity index (χ2v) is 5.60. The first-order valence-electron chi connectivity index (χ1n) is 6.69. The zero-order valence-corrected chi connectivity index (χ0v) is 11.5. The maximum Gasteiger partial charge on any atom is 0.237 e. The number of likely N-dealkylation sites (N-methyl/N-ethyl adjacent to an activating group) is 1. The number of nitrogens with one attached hydrogen (secondary N) is 1. The highest BCUT2D eigenvalue weighted by Gasteiger charge is 2.28. The van der Waals surface area contributed by atoms with Crippen molar-refractivity contribution in [3.8, 4) is 0 Å². The summed E-state index contributed by atoms with van der Waals surface area (Å²) < 4.78 is 0. The maximum absolute atomic E-state index is 11.3. The number of hydrogen-bond donors (Lipinski definition) is 2. The van der Waals surface area contributed by atoms with Gasteiger partial charge >= 0.3 is 0 Å². The van der Waals surface area contributed by atoms with Crippen molar-refractivity contribution in [1.29, 1.82) is 0 Å². The van der Waals surface area contributed by atoms with Crippen LogP contribution in [0.4, 0.5) is 0 Å². The van der Waals surface area contributed by atoms with Crippen molar-refractivity contribution in [2.45, 2.75) is 45.1 Å². The lowest BCUT2D eigenvalue weighted by molar-refractivity contribution is -0.123. The van der Waals surface area contributed by atoms with Crippen molar-refractivity contribution in [2.24, 2.45) is 11.7 Å². The van der Waals surface area contributed by atoms with Gasteiger partial charge in [-0.05, 0) is 58.7 Å². The Hall–Kier alpha value is -0.610. The number of hydrogen-bond acceptors (Lipinski definition) is 3. The van der Waals surface area contributed by atoms with Crippen LogP contribution in [0.2, 0.25) is 0 Å². The highest BCUT2D eigenvalue weighted by atomic mass is 16.1. The molecule has 0 aliphatic carbocycles. The number of rotatable bonds is 7. The number of amides is 1. The molecule has 1 rings (SSSR count). The van der Waals surface area contributed by atoms with Gasteiger partial charge in [0.25, 0.3) is 0 Å². The van der Waals surface area contributed by atoms with E-state index in [1.54, 1.807) is 7.05 Å². The average molecular weight is 241 g/mol. The van der Waals surface area contributed by atoms with Crippen LogP contribution >= 0.6 is 0 Å². The minimum absolute atomic E-state index is 0.255. The van der Waals surface area contributed by atoms with Crippen LogP contribution in [0.25, 0.3) is 0 Å². The molecule has 0 radical (unpaired) electrons. The minimum Gasteiger partial charge on any atom is -0.368 e. The van der Waals surface area contributed by atoms with E-state index in [0.29, 0.717) is 0 Å². The molecule has 1 saturated heterocycles. The summed E-state index contributed by atoms with van der Waals surface area (Å²) in [5.41, 5.74) is 4.85. The topological polar surface area (TPSA) is 58.4 Å². The van der Waals surface area contributed by atoms with Crippen LogP contribution in [-0.2, 0) is 4.79 Å². The van der Waals surface area contributed by atoms with Gasteiger partial charge in [0.15, 0.2) is 0 Å². The highest BCUT2D eigenvalue weighted by molar-refractivity contribution is 5.84. The van der Waals surface area contributed by atoms with Crippen molar-refractivity contribution in [2.75, 3.05) is 26.7 Å². The molecule has 17 heavy (non-hydrogen) atoms. The average Bonchev–Trinajstić information content (AvgIpc) is 2.70. The van der Waals surface area contributed by atoms with Gasteiger partial charge in [0.2, 0.25) is 5.91 Å². The molecule has 0 aromatic heterocycles. The molecule has 100 valence electrons. The molecule has 0 bridgehead atoms. The van der Waals surface area contributed by atoms with E-state index in [2.05, 4.69) is 17.1 Å². The van der Waals surface area contributed by atoms with Crippen LogP contribution < -0.4 is 11.1 Å². The van der Waals surface area contributed by atoms with Crippen LogP contribution in [0.3, 0.4) is 0 Å². The molecule has 2 atom stereocenters. The smallest absolute Gasteiger partial charge is 0.237 e. The fourth-order valence-electron chi connectivity index (χ4n) is 2.41. The van der Waals surface area contributed by atoms with Crippen molar-refractivity contribution < 1.29 is 4.79 Å². The van der Waals surface area contributed by atoms with Crippen LogP contribution in [-0.4, -0.2) is 43.0 Å². The quantitative estimate of drug-likeness (QED) is 0.653. The van der Waals surface area contributed by atoms with Gasteiger partial charge in [0, 0.05) is 6.54 Å². The maximum atomic E-state index is 11.3. The van der Waals surface area contributed by atoms with E-state index in [0.717, 1.165) is 31.7 Å². The van der Waals surface area contributed by atoms with Crippen molar-refractivity contribution >= 4 is 5.91 Å². The molecule has 1 aliphatic rings. The van der Waals surface area contributed by atoms with E-state index >= 15 is 0 Å². The van der Waals surface area contributed by atoms with Gasteiger partial charge in [0.1, 0.15) is 0 Å². The van der Waals surface area contributed by atoms with E-state index in [1.807, 2.05) is 6.92 Å². The molecule has 4 nitrogen and oxygen atoms in total. The van der Waals surface area contributed by atoms with Gasteiger partial charge in [-0.25, -0.2) is 0 Å². The standard InChI is InChI=1S/C13H27N3O/c1-11-6-9-16(10-11)8-5-4-7-13(2,15-3)12(14)17/h11,15H,4-10H2,1-3H3,(H2,14,17). The molecule has 1 amide bonds. The molecular formula is C13H27N3O. The number of carbonyl (C=O) groups is 1. The fourth-order valence-corrected chi connectivity index (χ4v) is 2.41. The van der Waals surface area contributed by atoms with Crippen LogP contribution in [0, 0.1) is 5.92 Å². The number of unbranched alkanes of at least 4 members (excludes halogenated alkanes) is 1. The van der Waals surface area contributed by atoms with Gasteiger partial charge in [-0.2, -0.15) is 0 Å². The van der Waals surface area contributed by atoms with Crippen LogP contribution in [0.5, 0.6) is 0 Å². The first-order chi connectivity index (χ1) is 7.98. The number of nitrogens with two attached hydrogens (primary N) is 1. The SMILES string of the molecule is CNC(C)(CCCCN1CCC(C)C1)C(N)=O. The lowest BCUT2D eigenvalue weighted by atomic mass is 9.94. The zero-order chi connectivity index (χ0) is 12.9. The predicted octanol–water partition coefficient (Wildman–Crippen LogP) is 0.962. The third kappa shape index (κ3) is 4.28. The molecule has 0 aromatic carbocycles. The Labute approximate surface area is 105 Å². The summed E-state index contributed by atoms with van der Waals surface area (Å²) in [4.78, 5) is 13.8. The molecular weight excluding hydrogens is 214 g/mol. The van der Waals surface area contributed by atoms with Gasteiger partial charge in [-0.15, -0.1) is 0 Å². The first-order valence-corrected chi connectivity index (χ1v) is 6.69. The summed E-state index contributed by atoms with van der Waals surface area (Å²) >= 11 is 0. The van der Waals surface area contributed by atoms with Gasteiger partial charge in [-0.1, -0.05) is 6.92 Å². The number of nitrogens with zero attached hydrogens (tertiary/aromatic N) is 1. The molecule has 1 aliphatic heterocycles. The number of primary amides is 1. The first kappa shape index (κ1) is 14.5. The molecule has 1 heterocycles. The summed E-state index contributed by atoms with van der Waals surface area (Å²) in [7, 11) is 1.80. The van der Waals surface area contributed by atoms with Gasteiger partial charge < -0.3 is 16.0 Å². The van der Waals surface area contributed by atoms with Gasteiger partial charge in [0.05, 0.1) is 5.54 Å². The Morgan fingerprint density at radius 1 is 1.53 bits per heavy atom. The molecule has 0 spiro atoms. The summed E-state index contributed by atoms with van der Waals surface area (Å²) in [6.07, 6.45) is 4.35. The minimum atomic E-state index is -0.543. The Kier molecular flexibility index (Phi) is 5.40. The molecule has 4 heteroatoms. The van der Waals surface area contributed by atoms with Crippen molar-refractivity contribution in [3.63, 3.8) is 0 Å². The number of carbonyl (C=O) groups excluding carboxylic acids is 1. The van der Waals surface area contributed by atoms with Crippen molar-refractivity contribution in [3.05, 3.63) is 0 Å². The summed E-state index contributed by atoms with van der Waals surface area (Å²) in [6, 6.07) is 0. The lowest BCUT2D eigenvalue weighted by Gasteiger charge is -2.25. The second-order valence-electron chi connectivity index (χ2n) is 5.60. The Balaban J connectivity index is 2.17. The molecule has 0 aromatic rings. The highest BCUT2D eigenvalue weighted by Crippen LogP contribution is 2.17. The Bertz CT molecular complexity index is 257. The zero-order valence-electron chi connectivity index (χ0n) is 11.5. The largest absolute Gasteiger partial charge is 0.368 e. The van der Waals surface area contributed by atoms with Crippen LogP contribution in [0.1, 0.15) is 39.5 Å². The third-order valence-electron chi connectivity index (χ3n) is 4.00. The molecule has 3 N–H and O–H groups in total. The fraction of sp³-hybridized carbons (Fsp3) is 0.923. The second kappa shape index (κ2) is 6.36. The van der Waals surface area contributed by atoms with Crippen molar-refractivity contribution in [1.82, 2.24) is 10.2 Å². The van der Waals surface area contributed by atoms with E-state index in [4.69, 9.17) is 5.73 Å². The van der Waals surface area contributed by atoms with Crippen LogP contribution in [0.15, 0.2) is 0 Å². The van der Waals surface area contributed by atoms with E-state index in [1.165, 1.54) is 19.5 Å². The van der Waals surface area contributed by atoms with E-state index < -0.39 is 5.54 Å². The Morgan fingerprint density at radius 3 is 2.71 bits per heavy atom. The summed E-state index contributed by atoms with van der Waals surface area (Å²) in [5, 5.41) is 3.03. The molecule has 2 unspecified atom stereocenters. The van der Waals surface area contributed by atoms with E-state index in [-0.39, 0.29) is 5.91 Å². The third-order valence-corrected chi connectivity index (χ3v) is 4.00. The summed E-state index contributed by atoms with van der Waals surface area (Å²) in [5.74, 6) is 0.595. The number of likely N-dealkylation sites (tertiary alicyclic amines) is 1. The summed E-state index contributed by atoms with van der Waals surface area (Å²) in [6.45, 7) is 7.82. The normalized spacial score (nSPS) is 24.8. The van der Waals surface area contributed by atoms with Gasteiger partial charge in [-0.3, -0.25) is 4.79 Å². The monoisotopic (exact) mass is 241 g/mol.